The van der Waals surface area contributed by atoms with E-state index < -0.39 is 10.1 Å². The lowest BCUT2D eigenvalue weighted by Gasteiger charge is -2.10. The standard InChI is InChI=1S/C16H12BrNO3S/c17-11-12-8-9-15(16-14(12)7-4-10-18-16)21-22(19,20)13-5-2-1-3-6-13/h1-10H,11H2. The number of benzene rings is 2. The second kappa shape index (κ2) is 6.06. The summed E-state index contributed by atoms with van der Waals surface area (Å²) in [6, 6.07) is 15.2. The predicted molar refractivity (Wildman–Crippen MR) is 88.6 cm³/mol. The molecule has 0 aliphatic rings. The van der Waals surface area contributed by atoms with Crippen molar-refractivity contribution in [1.29, 1.82) is 0 Å². The average molecular weight is 378 g/mol. The van der Waals surface area contributed by atoms with Crippen LogP contribution in [-0.4, -0.2) is 13.4 Å². The number of alkyl halides is 1. The Kier molecular flexibility index (Phi) is 4.13. The molecular formula is C16H12BrNO3S. The van der Waals surface area contributed by atoms with Gasteiger partial charge in [-0.3, -0.25) is 4.98 Å². The minimum Gasteiger partial charge on any atom is -0.377 e. The summed E-state index contributed by atoms with van der Waals surface area (Å²) in [5.41, 5.74) is 1.55. The van der Waals surface area contributed by atoms with E-state index in [0.29, 0.717) is 10.8 Å². The molecule has 6 heteroatoms. The van der Waals surface area contributed by atoms with Crippen LogP contribution in [0.5, 0.6) is 5.75 Å². The maximum absolute atomic E-state index is 12.3. The number of aromatic nitrogens is 1. The molecule has 0 spiro atoms. The summed E-state index contributed by atoms with van der Waals surface area (Å²) >= 11 is 3.41. The summed E-state index contributed by atoms with van der Waals surface area (Å²) in [4.78, 5) is 4.37. The van der Waals surface area contributed by atoms with Gasteiger partial charge in [-0.05, 0) is 29.8 Å². The Hall–Kier alpha value is -1.92. The maximum atomic E-state index is 12.3. The highest BCUT2D eigenvalue weighted by Crippen LogP contribution is 2.30. The van der Waals surface area contributed by atoms with Gasteiger partial charge in [-0.2, -0.15) is 8.42 Å². The Balaban J connectivity index is 2.09. The molecule has 22 heavy (non-hydrogen) atoms. The van der Waals surface area contributed by atoms with E-state index >= 15 is 0 Å². The van der Waals surface area contributed by atoms with Crippen LogP contribution in [0.15, 0.2) is 65.7 Å². The molecule has 112 valence electrons. The minimum atomic E-state index is -3.88. The third-order valence-corrected chi connectivity index (χ3v) is 5.05. The summed E-state index contributed by atoms with van der Waals surface area (Å²) in [7, 11) is -3.88. The maximum Gasteiger partial charge on any atom is 0.339 e. The third-order valence-electron chi connectivity index (χ3n) is 3.20. The van der Waals surface area contributed by atoms with Gasteiger partial charge in [0, 0.05) is 16.9 Å². The van der Waals surface area contributed by atoms with E-state index in [-0.39, 0.29) is 10.6 Å². The van der Waals surface area contributed by atoms with E-state index in [1.807, 2.05) is 18.2 Å². The van der Waals surface area contributed by atoms with E-state index in [1.165, 1.54) is 12.1 Å². The van der Waals surface area contributed by atoms with Gasteiger partial charge in [-0.15, -0.1) is 0 Å². The van der Waals surface area contributed by atoms with Crippen molar-refractivity contribution in [3.05, 3.63) is 66.4 Å². The van der Waals surface area contributed by atoms with Gasteiger partial charge in [-0.25, -0.2) is 0 Å². The molecule has 0 saturated heterocycles. The van der Waals surface area contributed by atoms with Crippen LogP contribution in [-0.2, 0) is 15.4 Å². The summed E-state index contributed by atoms with van der Waals surface area (Å²) in [6.07, 6.45) is 1.61. The van der Waals surface area contributed by atoms with Gasteiger partial charge < -0.3 is 4.18 Å². The molecule has 0 unspecified atom stereocenters. The smallest absolute Gasteiger partial charge is 0.339 e. The van der Waals surface area contributed by atoms with E-state index in [9.17, 15) is 8.42 Å². The zero-order valence-corrected chi connectivity index (χ0v) is 13.8. The summed E-state index contributed by atoms with van der Waals surface area (Å²) in [6.45, 7) is 0. The molecule has 0 atom stereocenters. The summed E-state index contributed by atoms with van der Waals surface area (Å²) in [5.74, 6) is 0.226. The summed E-state index contributed by atoms with van der Waals surface area (Å²) in [5, 5.41) is 1.51. The number of rotatable bonds is 4. The van der Waals surface area contributed by atoms with Gasteiger partial charge in [0.15, 0.2) is 5.75 Å². The van der Waals surface area contributed by atoms with Gasteiger partial charge in [0.1, 0.15) is 10.4 Å². The molecule has 1 aromatic heterocycles. The molecule has 4 nitrogen and oxygen atoms in total. The second-order valence-corrected chi connectivity index (χ2v) is 6.71. The Morgan fingerprint density at radius 2 is 1.77 bits per heavy atom. The lowest BCUT2D eigenvalue weighted by Crippen LogP contribution is -2.10. The molecule has 0 aliphatic heterocycles. The van der Waals surface area contributed by atoms with E-state index in [4.69, 9.17) is 4.18 Å². The van der Waals surface area contributed by atoms with Crippen LogP contribution in [0.25, 0.3) is 10.9 Å². The molecule has 0 amide bonds. The van der Waals surface area contributed by atoms with Crippen molar-refractivity contribution in [2.45, 2.75) is 10.2 Å². The van der Waals surface area contributed by atoms with Crippen molar-refractivity contribution < 1.29 is 12.6 Å². The Morgan fingerprint density at radius 3 is 2.50 bits per heavy atom. The van der Waals surface area contributed by atoms with Crippen LogP contribution < -0.4 is 4.18 Å². The van der Waals surface area contributed by atoms with E-state index in [2.05, 4.69) is 20.9 Å². The van der Waals surface area contributed by atoms with E-state index in [1.54, 1.807) is 30.5 Å². The fourth-order valence-electron chi connectivity index (χ4n) is 2.14. The SMILES string of the molecule is O=S(=O)(Oc1ccc(CBr)c2cccnc12)c1ccccc1. The topological polar surface area (TPSA) is 56.3 Å². The normalized spacial score (nSPS) is 11.5. The molecule has 0 bridgehead atoms. The lowest BCUT2D eigenvalue weighted by molar-refractivity contribution is 0.488. The lowest BCUT2D eigenvalue weighted by atomic mass is 10.1. The van der Waals surface area contributed by atoms with Crippen molar-refractivity contribution in [1.82, 2.24) is 4.98 Å². The highest BCUT2D eigenvalue weighted by Gasteiger charge is 2.18. The minimum absolute atomic E-state index is 0.114. The van der Waals surface area contributed by atoms with Gasteiger partial charge in [0.25, 0.3) is 0 Å². The fraction of sp³-hybridized carbons (Fsp3) is 0.0625. The van der Waals surface area contributed by atoms with Crippen LogP contribution in [0.3, 0.4) is 0 Å². The van der Waals surface area contributed by atoms with Crippen molar-refractivity contribution in [3.8, 4) is 5.75 Å². The summed E-state index contributed by atoms with van der Waals surface area (Å²) < 4.78 is 30.0. The predicted octanol–water partition coefficient (Wildman–Crippen LogP) is 3.90. The molecule has 0 saturated carbocycles. The first-order valence-electron chi connectivity index (χ1n) is 6.54. The molecule has 3 rings (SSSR count). The highest BCUT2D eigenvalue weighted by atomic mass is 79.9. The molecule has 0 fully saturated rings. The molecule has 0 radical (unpaired) electrons. The van der Waals surface area contributed by atoms with E-state index in [0.717, 1.165) is 10.9 Å². The first-order chi connectivity index (χ1) is 10.6. The number of fused-ring (bicyclic) bond motifs is 1. The molecule has 0 N–H and O–H groups in total. The first kappa shape index (κ1) is 15.0. The van der Waals surface area contributed by atoms with Gasteiger partial charge in [0.05, 0.1) is 0 Å². The van der Waals surface area contributed by atoms with Crippen LogP contribution in [0.2, 0.25) is 0 Å². The van der Waals surface area contributed by atoms with Crippen molar-refractivity contribution in [2.24, 2.45) is 0 Å². The molecule has 1 heterocycles. The number of nitrogens with zero attached hydrogens (tertiary/aromatic N) is 1. The number of hydrogen-bond acceptors (Lipinski definition) is 4. The van der Waals surface area contributed by atoms with Crippen LogP contribution >= 0.6 is 15.9 Å². The van der Waals surface area contributed by atoms with Crippen LogP contribution in [0.4, 0.5) is 0 Å². The largest absolute Gasteiger partial charge is 0.377 e. The van der Waals surface area contributed by atoms with Crippen molar-refractivity contribution >= 4 is 37.0 Å². The zero-order chi connectivity index (χ0) is 15.6. The quantitative estimate of drug-likeness (QED) is 0.511. The average Bonchev–Trinajstić information content (AvgIpc) is 2.56. The molecular weight excluding hydrogens is 366 g/mol. The number of halogens is 1. The van der Waals surface area contributed by atoms with Crippen LogP contribution in [0.1, 0.15) is 5.56 Å². The third kappa shape index (κ3) is 2.84. The van der Waals surface area contributed by atoms with Crippen molar-refractivity contribution in [3.63, 3.8) is 0 Å². The van der Waals surface area contributed by atoms with Crippen molar-refractivity contribution in [2.75, 3.05) is 0 Å². The molecule has 0 aliphatic carbocycles. The molecule has 3 aromatic rings. The monoisotopic (exact) mass is 377 g/mol. The number of hydrogen-bond donors (Lipinski definition) is 0. The Bertz CT molecular complexity index is 911. The van der Waals surface area contributed by atoms with Crippen LogP contribution in [0, 0.1) is 0 Å². The highest BCUT2D eigenvalue weighted by molar-refractivity contribution is 9.08. The molecule has 2 aromatic carbocycles. The zero-order valence-electron chi connectivity index (χ0n) is 11.4. The Labute approximate surface area is 137 Å². The van der Waals surface area contributed by atoms with Gasteiger partial charge in [-0.1, -0.05) is 46.3 Å². The van der Waals surface area contributed by atoms with Gasteiger partial charge >= 0.3 is 10.1 Å². The number of pyridine rings is 1. The Morgan fingerprint density at radius 1 is 1.00 bits per heavy atom. The fourth-order valence-corrected chi connectivity index (χ4v) is 3.59. The second-order valence-electron chi connectivity index (χ2n) is 4.61. The first-order valence-corrected chi connectivity index (χ1v) is 9.07. The van der Waals surface area contributed by atoms with Gasteiger partial charge in [0.2, 0.25) is 0 Å².